The zero-order valence-electron chi connectivity index (χ0n) is 10.3. The van der Waals surface area contributed by atoms with Crippen molar-refractivity contribution in [2.75, 3.05) is 0 Å². The molecule has 17 heavy (non-hydrogen) atoms. The summed E-state index contributed by atoms with van der Waals surface area (Å²) < 4.78 is 1.67. The van der Waals surface area contributed by atoms with Gasteiger partial charge in [-0.05, 0) is 35.2 Å². The first kappa shape index (κ1) is 13.2. The summed E-state index contributed by atoms with van der Waals surface area (Å²) in [5.74, 6) is 1.69. The summed E-state index contributed by atoms with van der Waals surface area (Å²) in [7, 11) is 0. The smallest absolute Gasteiger partial charge is 0.144 e. The predicted molar refractivity (Wildman–Crippen MR) is 76.9 cm³/mol. The highest BCUT2D eigenvalue weighted by Gasteiger charge is 2.17. The van der Waals surface area contributed by atoms with Crippen molar-refractivity contribution in [2.24, 2.45) is 0 Å². The highest BCUT2D eigenvalue weighted by molar-refractivity contribution is 9.10. The highest BCUT2D eigenvalue weighted by Crippen LogP contribution is 2.30. The van der Waals surface area contributed by atoms with E-state index in [0.717, 1.165) is 16.7 Å². The van der Waals surface area contributed by atoms with Crippen molar-refractivity contribution in [1.82, 2.24) is 9.97 Å². The number of aryl methyl sites for hydroxylation is 1. The predicted octanol–water partition coefficient (Wildman–Crippen LogP) is 4.90. The van der Waals surface area contributed by atoms with Crippen LogP contribution in [0.4, 0.5) is 0 Å². The van der Waals surface area contributed by atoms with E-state index in [2.05, 4.69) is 32.8 Å². The number of rotatable bonds is 2. The van der Waals surface area contributed by atoms with Crippen molar-refractivity contribution in [1.29, 1.82) is 0 Å². The SMILES string of the molecule is CCc1[nH]c(C2CCCCCC2)nc(=S)c1Br. The molecule has 0 unspecified atom stereocenters. The van der Waals surface area contributed by atoms with E-state index in [0.29, 0.717) is 10.6 Å². The summed E-state index contributed by atoms with van der Waals surface area (Å²) in [5, 5.41) is 0. The van der Waals surface area contributed by atoms with Gasteiger partial charge in [0.05, 0.1) is 4.47 Å². The van der Waals surface area contributed by atoms with Crippen LogP contribution >= 0.6 is 28.1 Å². The molecule has 0 aliphatic heterocycles. The Morgan fingerprint density at radius 2 is 1.94 bits per heavy atom. The van der Waals surface area contributed by atoms with Gasteiger partial charge in [0, 0.05) is 11.6 Å². The molecule has 1 aromatic rings. The van der Waals surface area contributed by atoms with Gasteiger partial charge in [-0.2, -0.15) is 0 Å². The minimum Gasteiger partial charge on any atom is -0.346 e. The molecular formula is C13H19BrN2S. The molecule has 0 bridgehead atoms. The van der Waals surface area contributed by atoms with Gasteiger partial charge >= 0.3 is 0 Å². The van der Waals surface area contributed by atoms with Gasteiger partial charge in [-0.15, -0.1) is 0 Å². The standard InChI is InChI=1S/C13H19BrN2S/c1-2-10-11(14)13(17)16-12(15-10)9-7-5-3-4-6-8-9/h9H,2-8H2,1H3,(H,15,16,17). The molecular weight excluding hydrogens is 296 g/mol. The van der Waals surface area contributed by atoms with E-state index in [-0.39, 0.29) is 0 Å². The van der Waals surface area contributed by atoms with Crippen molar-refractivity contribution in [3.05, 3.63) is 20.6 Å². The average Bonchev–Trinajstić information content (AvgIpc) is 2.61. The molecule has 94 valence electrons. The van der Waals surface area contributed by atoms with E-state index in [1.165, 1.54) is 44.2 Å². The summed E-state index contributed by atoms with van der Waals surface area (Å²) in [6, 6.07) is 0. The summed E-state index contributed by atoms with van der Waals surface area (Å²) >= 11 is 8.84. The topological polar surface area (TPSA) is 28.7 Å². The quantitative estimate of drug-likeness (QED) is 0.621. The Labute approximate surface area is 116 Å². The van der Waals surface area contributed by atoms with Gasteiger partial charge in [-0.1, -0.05) is 44.8 Å². The first-order valence-electron chi connectivity index (χ1n) is 6.51. The first-order valence-corrected chi connectivity index (χ1v) is 7.71. The lowest BCUT2D eigenvalue weighted by Crippen LogP contribution is -2.07. The molecule has 0 spiro atoms. The lowest BCUT2D eigenvalue weighted by atomic mass is 9.99. The summed E-state index contributed by atoms with van der Waals surface area (Å²) in [5.41, 5.74) is 1.18. The molecule has 1 aromatic heterocycles. The molecule has 1 aliphatic carbocycles. The van der Waals surface area contributed by atoms with Crippen LogP contribution in [0.2, 0.25) is 0 Å². The van der Waals surface area contributed by atoms with Crippen molar-refractivity contribution in [3.63, 3.8) is 0 Å². The van der Waals surface area contributed by atoms with Crippen LogP contribution in [0.5, 0.6) is 0 Å². The maximum Gasteiger partial charge on any atom is 0.144 e. The molecule has 1 aliphatic rings. The summed E-state index contributed by atoms with van der Waals surface area (Å²) in [6.07, 6.45) is 8.86. The number of nitrogens with one attached hydrogen (secondary N) is 1. The maximum absolute atomic E-state index is 5.32. The zero-order valence-corrected chi connectivity index (χ0v) is 12.7. The molecule has 0 atom stereocenters. The van der Waals surface area contributed by atoms with Gasteiger partial charge < -0.3 is 4.98 Å². The van der Waals surface area contributed by atoms with Crippen LogP contribution in [0, 0.1) is 4.64 Å². The molecule has 0 radical (unpaired) electrons. The highest BCUT2D eigenvalue weighted by atomic mass is 79.9. The van der Waals surface area contributed by atoms with Gasteiger partial charge in [0.2, 0.25) is 0 Å². The van der Waals surface area contributed by atoms with Crippen LogP contribution < -0.4 is 0 Å². The fourth-order valence-corrected chi connectivity index (χ4v) is 3.20. The number of aromatic nitrogens is 2. The fourth-order valence-electron chi connectivity index (χ4n) is 2.51. The summed E-state index contributed by atoms with van der Waals surface area (Å²) in [4.78, 5) is 8.04. The fraction of sp³-hybridized carbons (Fsp3) is 0.692. The maximum atomic E-state index is 5.32. The number of H-pyrrole nitrogens is 1. The minimum atomic E-state index is 0.581. The Morgan fingerprint density at radius 3 is 2.53 bits per heavy atom. The molecule has 0 saturated heterocycles. The van der Waals surface area contributed by atoms with E-state index in [9.17, 15) is 0 Å². The molecule has 2 nitrogen and oxygen atoms in total. The van der Waals surface area contributed by atoms with Gasteiger partial charge in [-0.25, -0.2) is 4.98 Å². The third-order valence-corrected chi connectivity index (χ3v) is 4.96. The Kier molecular flexibility index (Phi) is 4.74. The van der Waals surface area contributed by atoms with Crippen molar-refractivity contribution < 1.29 is 0 Å². The number of halogens is 1. The Balaban J connectivity index is 2.31. The van der Waals surface area contributed by atoms with Gasteiger partial charge in [0.25, 0.3) is 0 Å². The van der Waals surface area contributed by atoms with Crippen molar-refractivity contribution in [2.45, 2.75) is 57.8 Å². The second-order valence-electron chi connectivity index (χ2n) is 4.76. The number of hydrogen-bond donors (Lipinski definition) is 1. The molecule has 0 aromatic carbocycles. The number of hydrogen-bond acceptors (Lipinski definition) is 2. The molecule has 0 amide bonds. The van der Waals surface area contributed by atoms with Crippen molar-refractivity contribution in [3.8, 4) is 0 Å². The lowest BCUT2D eigenvalue weighted by Gasteiger charge is -2.15. The van der Waals surface area contributed by atoms with E-state index in [4.69, 9.17) is 12.2 Å². The van der Waals surface area contributed by atoms with Crippen LogP contribution in [-0.2, 0) is 6.42 Å². The van der Waals surface area contributed by atoms with Gasteiger partial charge in [0.1, 0.15) is 10.5 Å². The zero-order chi connectivity index (χ0) is 12.3. The van der Waals surface area contributed by atoms with E-state index in [1.54, 1.807) is 0 Å². The van der Waals surface area contributed by atoms with Crippen LogP contribution in [0.3, 0.4) is 0 Å². The molecule has 1 N–H and O–H groups in total. The Bertz CT molecular complexity index is 434. The molecule has 1 fully saturated rings. The van der Waals surface area contributed by atoms with Gasteiger partial charge in [0.15, 0.2) is 0 Å². The lowest BCUT2D eigenvalue weighted by molar-refractivity contribution is 0.556. The normalized spacial score (nSPS) is 18.0. The third-order valence-electron chi connectivity index (χ3n) is 3.55. The first-order chi connectivity index (χ1) is 8.22. The van der Waals surface area contributed by atoms with E-state index in [1.807, 2.05) is 0 Å². The van der Waals surface area contributed by atoms with Crippen LogP contribution in [0.15, 0.2) is 4.47 Å². The second-order valence-corrected chi connectivity index (χ2v) is 5.94. The van der Waals surface area contributed by atoms with Crippen LogP contribution in [-0.4, -0.2) is 9.97 Å². The second kappa shape index (κ2) is 6.10. The van der Waals surface area contributed by atoms with Crippen LogP contribution in [0.25, 0.3) is 0 Å². The van der Waals surface area contributed by atoms with Crippen molar-refractivity contribution >= 4 is 28.1 Å². The Morgan fingerprint density at radius 1 is 1.29 bits per heavy atom. The van der Waals surface area contributed by atoms with E-state index < -0.39 is 0 Å². The Hall–Kier alpha value is -0.220. The summed E-state index contributed by atoms with van der Waals surface area (Å²) in [6.45, 7) is 2.14. The third kappa shape index (κ3) is 3.16. The number of nitrogens with zero attached hydrogens (tertiary/aromatic N) is 1. The van der Waals surface area contributed by atoms with Crippen LogP contribution in [0.1, 0.15) is 62.9 Å². The molecule has 1 saturated carbocycles. The molecule has 4 heteroatoms. The number of aromatic amines is 1. The molecule has 2 rings (SSSR count). The van der Waals surface area contributed by atoms with Gasteiger partial charge in [-0.3, -0.25) is 0 Å². The minimum absolute atomic E-state index is 0.581. The molecule has 1 heterocycles. The van der Waals surface area contributed by atoms with E-state index >= 15 is 0 Å². The largest absolute Gasteiger partial charge is 0.346 e. The monoisotopic (exact) mass is 314 g/mol. The average molecular weight is 315 g/mol.